The molecule has 1 saturated heterocycles. The minimum Gasteiger partial charge on any atom is -0.378 e. The Morgan fingerprint density at radius 3 is 2.73 bits per heavy atom. The van der Waals surface area contributed by atoms with E-state index in [1.807, 2.05) is 11.8 Å². The Bertz CT molecular complexity index is 203. The summed E-state index contributed by atoms with van der Waals surface area (Å²) >= 11 is 0. The van der Waals surface area contributed by atoms with Crippen molar-refractivity contribution in [1.82, 2.24) is 4.90 Å². The molecule has 0 aliphatic carbocycles. The zero-order valence-electron chi connectivity index (χ0n) is 9.74. The van der Waals surface area contributed by atoms with E-state index < -0.39 is 0 Å². The van der Waals surface area contributed by atoms with Crippen LogP contribution in [0.25, 0.3) is 0 Å². The lowest BCUT2D eigenvalue weighted by atomic mass is 10.0. The van der Waals surface area contributed by atoms with E-state index in [1.165, 1.54) is 0 Å². The molecule has 0 spiro atoms. The number of nitrogens with two attached hydrogens (primary N) is 1. The van der Waals surface area contributed by atoms with Gasteiger partial charge in [-0.25, -0.2) is 0 Å². The first-order valence-electron chi connectivity index (χ1n) is 5.81. The van der Waals surface area contributed by atoms with Crippen molar-refractivity contribution in [2.75, 3.05) is 26.2 Å². The van der Waals surface area contributed by atoms with Crippen molar-refractivity contribution in [1.29, 1.82) is 0 Å². The van der Waals surface area contributed by atoms with Gasteiger partial charge in [0.2, 0.25) is 5.91 Å². The first kappa shape index (κ1) is 12.5. The van der Waals surface area contributed by atoms with Crippen LogP contribution in [0.3, 0.4) is 0 Å². The minimum absolute atomic E-state index is 0.0445. The average molecular weight is 214 g/mol. The number of amides is 1. The third-order valence-electron chi connectivity index (χ3n) is 2.90. The first-order chi connectivity index (χ1) is 7.20. The number of carbonyl (C=O) groups is 1. The van der Waals surface area contributed by atoms with Gasteiger partial charge in [-0.15, -0.1) is 0 Å². The fraction of sp³-hybridized carbons (Fsp3) is 0.909. The van der Waals surface area contributed by atoms with Gasteiger partial charge in [0.15, 0.2) is 0 Å². The predicted molar refractivity (Wildman–Crippen MR) is 59.4 cm³/mol. The van der Waals surface area contributed by atoms with Gasteiger partial charge in [-0.3, -0.25) is 4.79 Å². The molecule has 0 bridgehead atoms. The summed E-state index contributed by atoms with van der Waals surface area (Å²) in [6, 6.07) is 0. The van der Waals surface area contributed by atoms with Gasteiger partial charge in [-0.05, 0) is 19.8 Å². The largest absolute Gasteiger partial charge is 0.378 e. The highest BCUT2D eigenvalue weighted by Crippen LogP contribution is 2.22. The summed E-state index contributed by atoms with van der Waals surface area (Å²) in [5.74, 6) is 0.260. The number of ether oxygens (including phenoxy) is 1. The number of hydrogen-bond donors (Lipinski definition) is 1. The van der Waals surface area contributed by atoms with Gasteiger partial charge in [0.1, 0.15) is 0 Å². The van der Waals surface area contributed by atoms with Crippen LogP contribution in [0.15, 0.2) is 0 Å². The van der Waals surface area contributed by atoms with Gasteiger partial charge in [0.05, 0.1) is 12.0 Å². The quantitative estimate of drug-likeness (QED) is 0.729. The van der Waals surface area contributed by atoms with Crippen molar-refractivity contribution in [3.63, 3.8) is 0 Å². The van der Waals surface area contributed by atoms with Crippen LogP contribution >= 0.6 is 0 Å². The van der Waals surface area contributed by atoms with Gasteiger partial charge < -0.3 is 15.4 Å². The molecule has 1 rings (SSSR count). The van der Waals surface area contributed by atoms with Crippen molar-refractivity contribution in [3.8, 4) is 0 Å². The third kappa shape index (κ3) is 3.18. The summed E-state index contributed by atoms with van der Waals surface area (Å²) < 4.78 is 5.41. The Balaban J connectivity index is 2.54. The van der Waals surface area contributed by atoms with Crippen molar-refractivity contribution >= 4 is 5.91 Å². The molecule has 0 saturated carbocycles. The van der Waals surface area contributed by atoms with Crippen LogP contribution in [0, 0.1) is 5.92 Å². The Morgan fingerprint density at radius 2 is 2.27 bits per heavy atom. The molecular weight excluding hydrogens is 192 g/mol. The van der Waals surface area contributed by atoms with Gasteiger partial charge in [-0.1, -0.05) is 6.92 Å². The van der Waals surface area contributed by atoms with E-state index in [0.717, 1.165) is 19.4 Å². The number of carbonyl (C=O) groups excluding carboxylic acids is 1. The molecule has 15 heavy (non-hydrogen) atoms. The Labute approximate surface area is 91.8 Å². The standard InChI is InChI=1S/C11H22N2O2/c1-3-6-13(7-5-12)11(14)10-4-8-15-9(10)2/h9-10H,3-8,12H2,1-2H3. The molecule has 1 fully saturated rings. The summed E-state index contributed by atoms with van der Waals surface area (Å²) in [4.78, 5) is 14.0. The van der Waals surface area contributed by atoms with E-state index in [9.17, 15) is 4.79 Å². The predicted octanol–water partition coefficient (Wildman–Crippen LogP) is 0.609. The van der Waals surface area contributed by atoms with Crippen molar-refractivity contribution in [2.45, 2.75) is 32.8 Å². The van der Waals surface area contributed by atoms with E-state index in [4.69, 9.17) is 10.5 Å². The first-order valence-corrected chi connectivity index (χ1v) is 5.81. The van der Waals surface area contributed by atoms with Crippen LogP contribution in [0.2, 0.25) is 0 Å². The van der Waals surface area contributed by atoms with Crippen LogP contribution in [0.1, 0.15) is 26.7 Å². The van der Waals surface area contributed by atoms with Gasteiger partial charge in [0.25, 0.3) is 0 Å². The highest BCUT2D eigenvalue weighted by molar-refractivity contribution is 5.79. The second-order valence-electron chi connectivity index (χ2n) is 4.09. The number of rotatable bonds is 5. The number of nitrogens with zero attached hydrogens (tertiary/aromatic N) is 1. The normalized spacial score (nSPS) is 25.5. The summed E-state index contributed by atoms with van der Waals surface area (Å²) in [6.07, 6.45) is 1.90. The molecule has 2 N–H and O–H groups in total. The molecule has 4 heteroatoms. The van der Waals surface area contributed by atoms with Crippen molar-refractivity contribution in [3.05, 3.63) is 0 Å². The fourth-order valence-corrected chi connectivity index (χ4v) is 2.05. The second kappa shape index (κ2) is 6.08. The molecule has 1 aliphatic rings. The SMILES string of the molecule is CCCN(CCN)C(=O)C1CCOC1C. The lowest BCUT2D eigenvalue weighted by Gasteiger charge is -2.25. The lowest BCUT2D eigenvalue weighted by molar-refractivity contribution is -0.136. The van der Waals surface area contributed by atoms with Gasteiger partial charge in [0, 0.05) is 26.2 Å². The van der Waals surface area contributed by atoms with Crippen LogP contribution in [0.5, 0.6) is 0 Å². The molecule has 88 valence electrons. The molecule has 1 amide bonds. The van der Waals surface area contributed by atoms with Gasteiger partial charge in [-0.2, -0.15) is 0 Å². The van der Waals surface area contributed by atoms with Crippen LogP contribution < -0.4 is 5.73 Å². The molecule has 2 atom stereocenters. The molecular formula is C11H22N2O2. The Kier molecular flexibility index (Phi) is 5.05. The highest BCUT2D eigenvalue weighted by Gasteiger charge is 2.33. The van der Waals surface area contributed by atoms with Crippen molar-refractivity contribution < 1.29 is 9.53 Å². The summed E-state index contributed by atoms with van der Waals surface area (Å²) in [6.45, 7) is 6.76. The maximum absolute atomic E-state index is 12.1. The van der Waals surface area contributed by atoms with Crippen LogP contribution in [0.4, 0.5) is 0 Å². The van der Waals surface area contributed by atoms with Gasteiger partial charge >= 0.3 is 0 Å². The molecule has 0 aromatic heterocycles. The lowest BCUT2D eigenvalue weighted by Crippen LogP contribution is -2.41. The molecule has 0 aromatic rings. The molecule has 0 radical (unpaired) electrons. The Morgan fingerprint density at radius 1 is 1.53 bits per heavy atom. The fourth-order valence-electron chi connectivity index (χ4n) is 2.05. The molecule has 2 unspecified atom stereocenters. The van der Waals surface area contributed by atoms with Crippen LogP contribution in [-0.2, 0) is 9.53 Å². The minimum atomic E-state index is 0.0445. The number of hydrogen-bond acceptors (Lipinski definition) is 3. The molecule has 4 nitrogen and oxygen atoms in total. The van der Waals surface area contributed by atoms with E-state index in [1.54, 1.807) is 0 Å². The zero-order valence-corrected chi connectivity index (χ0v) is 9.74. The summed E-state index contributed by atoms with van der Waals surface area (Å²) in [5, 5.41) is 0. The maximum Gasteiger partial charge on any atom is 0.228 e. The third-order valence-corrected chi connectivity index (χ3v) is 2.90. The van der Waals surface area contributed by atoms with E-state index >= 15 is 0 Å². The van der Waals surface area contributed by atoms with E-state index in [2.05, 4.69) is 6.92 Å². The average Bonchev–Trinajstić information content (AvgIpc) is 2.63. The maximum atomic E-state index is 12.1. The van der Waals surface area contributed by atoms with E-state index in [-0.39, 0.29) is 17.9 Å². The monoisotopic (exact) mass is 214 g/mol. The second-order valence-corrected chi connectivity index (χ2v) is 4.09. The molecule has 1 heterocycles. The molecule has 0 aromatic carbocycles. The topological polar surface area (TPSA) is 55.6 Å². The van der Waals surface area contributed by atoms with Crippen LogP contribution in [-0.4, -0.2) is 43.2 Å². The molecule has 1 aliphatic heterocycles. The smallest absolute Gasteiger partial charge is 0.228 e. The summed E-state index contributed by atoms with van der Waals surface area (Å²) in [5.41, 5.74) is 5.51. The van der Waals surface area contributed by atoms with E-state index in [0.29, 0.717) is 19.7 Å². The zero-order chi connectivity index (χ0) is 11.3. The summed E-state index contributed by atoms with van der Waals surface area (Å²) in [7, 11) is 0. The Hall–Kier alpha value is -0.610. The highest BCUT2D eigenvalue weighted by atomic mass is 16.5. The van der Waals surface area contributed by atoms with Crippen molar-refractivity contribution in [2.24, 2.45) is 11.7 Å².